The van der Waals surface area contributed by atoms with Crippen LogP contribution in [0, 0.1) is 5.92 Å². The van der Waals surface area contributed by atoms with Crippen LogP contribution in [0.5, 0.6) is 0 Å². The number of methoxy groups -OCH3 is 1. The van der Waals surface area contributed by atoms with Crippen LogP contribution in [0.1, 0.15) is 30.0 Å². The molecule has 2 N–H and O–H groups in total. The number of amides is 2. The summed E-state index contributed by atoms with van der Waals surface area (Å²) in [6.45, 7) is 2.41. The number of rotatable bonds is 6. The number of piperidine rings is 1. The average Bonchev–Trinajstić information content (AvgIpc) is 2.81. The van der Waals surface area contributed by atoms with Crippen molar-refractivity contribution < 1.29 is 14.3 Å². The second-order valence-corrected chi connectivity index (χ2v) is 8.24. The molecular weight excluding hydrogens is 390 g/mol. The first-order chi connectivity index (χ1) is 15.1. The van der Waals surface area contributed by atoms with E-state index in [-0.39, 0.29) is 6.03 Å². The van der Waals surface area contributed by atoms with Crippen molar-refractivity contribution in [2.75, 3.05) is 26.7 Å². The van der Waals surface area contributed by atoms with E-state index < -0.39 is 12.0 Å². The Morgan fingerprint density at radius 3 is 2.32 bits per heavy atom. The van der Waals surface area contributed by atoms with E-state index in [4.69, 9.17) is 4.74 Å². The first kappa shape index (κ1) is 21.1. The summed E-state index contributed by atoms with van der Waals surface area (Å²) in [7, 11) is 1.38. The summed E-state index contributed by atoms with van der Waals surface area (Å²) in [4.78, 5) is 27.4. The van der Waals surface area contributed by atoms with Crippen molar-refractivity contribution in [3.8, 4) is 0 Å². The minimum Gasteiger partial charge on any atom is -0.466 e. The Hall–Kier alpha value is -3.12. The minimum absolute atomic E-state index is 0.296. The summed E-state index contributed by atoms with van der Waals surface area (Å²) < 4.78 is 5.07. The molecule has 4 rings (SSSR count). The van der Waals surface area contributed by atoms with Gasteiger partial charge in [0.05, 0.1) is 18.7 Å². The van der Waals surface area contributed by atoms with Crippen molar-refractivity contribution in [2.45, 2.75) is 25.3 Å². The lowest BCUT2D eigenvalue weighted by molar-refractivity contribution is -0.136. The first-order valence-electron chi connectivity index (χ1n) is 10.8. The summed E-state index contributed by atoms with van der Waals surface area (Å²) in [6.07, 6.45) is 3.30. The molecule has 2 aliphatic heterocycles. The normalized spacial score (nSPS) is 20.2. The molecule has 2 aromatic rings. The summed E-state index contributed by atoms with van der Waals surface area (Å²) in [6, 6.07) is 19.3. The minimum atomic E-state index is -0.520. The number of esters is 1. The van der Waals surface area contributed by atoms with Gasteiger partial charge >= 0.3 is 12.0 Å². The third-order valence-corrected chi connectivity index (χ3v) is 6.15. The molecule has 2 aliphatic rings. The van der Waals surface area contributed by atoms with Crippen molar-refractivity contribution in [3.63, 3.8) is 0 Å². The molecule has 1 atom stereocenters. The molecule has 0 saturated carbocycles. The fourth-order valence-corrected chi connectivity index (χ4v) is 4.51. The Morgan fingerprint density at radius 2 is 1.68 bits per heavy atom. The molecule has 1 fully saturated rings. The van der Waals surface area contributed by atoms with Gasteiger partial charge in [-0.05, 0) is 49.4 Å². The van der Waals surface area contributed by atoms with Gasteiger partial charge < -0.3 is 15.4 Å². The number of ether oxygens (including phenoxy) is 1. The summed E-state index contributed by atoms with van der Waals surface area (Å²) in [5.41, 5.74) is 3.34. The summed E-state index contributed by atoms with van der Waals surface area (Å²) in [5.74, 6) is 0.239. The van der Waals surface area contributed by atoms with Gasteiger partial charge in [-0.25, -0.2) is 9.59 Å². The third-order valence-electron chi connectivity index (χ3n) is 6.15. The van der Waals surface area contributed by atoms with Crippen LogP contribution < -0.4 is 10.6 Å². The number of hydrogen-bond acceptors (Lipinski definition) is 4. The molecule has 31 heavy (non-hydrogen) atoms. The molecule has 0 aliphatic carbocycles. The Kier molecular flexibility index (Phi) is 6.67. The van der Waals surface area contributed by atoms with E-state index in [2.05, 4.69) is 45.9 Å². The van der Waals surface area contributed by atoms with Crippen molar-refractivity contribution in [3.05, 3.63) is 83.1 Å². The topological polar surface area (TPSA) is 70.7 Å². The Morgan fingerprint density at radius 1 is 1.03 bits per heavy atom. The van der Waals surface area contributed by atoms with E-state index in [1.54, 1.807) is 0 Å². The van der Waals surface area contributed by atoms with Crippen LogP contribution in [0.15, 0.2) is 71.9 Å². The first-order valence-corrected chi connectivity index (χ1v) is 10.8. The standard InChI is InChI=1S/C25H29N3O3/c1-31-24(29)22-21(26-25(30)27-23(22)20-10-6-3-7-11-20)17-28-14-12-19(13-15-28)16-18-8-4-2-5-9-18/h2-11,19,23H,12-17H2,1H3,(H2,26,27,30)/t23-/m1/s1. The molecule has 2 aromatic carbocycles. The Bertz CT molecular complexity index is 935. The van der Waals surface area contributed by atoms with Gasteiger partial charge in [0.1, 0.15) is 0 Å². The van der Waals surface area contributed by atoms with Crippen LogP contribution in [0.25, 0.3) is 0 Å². The maximum atomic E-state index is 12.7. The van der Waals surface area contributed by atoms with Crippen molar-refractivity contribution >= 4 is 12.0 Å². The van der Waals surface area contributed by atoms with Crippen LogP contribution in [0.3, 0.4) is 0 Å². The highest BCUT2D eigenvalue weighted by molar-refractivity contribution is 5.95. The van der Waals surface area contributed by atoms with Crippen LogP contribution >= 0.6 is 0 Å². The lowest BCUT2D eigenvalue weighted by Crippen LogP contribution is -2.49. The Balaban J connectivity index is 1.48. The second-order valence-electron chi connectivity index (χ2n) is 8.24. The van der Waals surface area contributed by atoms with Gasteiger partial charge in [0.2, 0.25) is 0 Å². The zero-order chi connectivity index (χ0) is 21.6. The van der Waals surface area contributed by atoms with Crippen LogP contribution in [0.2, 0.25) is 0 Å². The van der Waals surface area contributed by atoms with Gasteiger partial charge in [-0.1, -0.05) is 60.7 Å². The zero-order valence-corrected chi connectivity index (χ0v) is 17.8. The highest BCUT2D eigenvalue weighted by atomic mass is 16.5. The van der Waals surface area contributed by atoms with Crippen LogP contribution in [-0.4, -0.2) is 43.6 Å². The number of hydrogen-bond donors (Lipinski definition) is 2. The monoisotopic (exact) mass is 419 g/mol. The molecule has 1 saturated heterocycles. The molecule has 0 unspecified atom stereocenters. The van der Waals surface area contributed by atoms with Crippen molar-refractivity contribution in [1.82, 2.24) is 15.5 Å². The van der Waals surface area contributed by atoms with E-state index in [0.29, 0.717) is 23.7 Å². The number of carbonyl (C=O) groups excluding carboxylic acids is 2. The summed E-state index contributed by atoms with van der Waals surface area (Å²) in [5, 5.41) is 5.74. The molecule has 162 valence electrons. The molecule has 6 nitrogen and oxygen atoms in total. The number of nitrogens with zero attached hydrogens (tertiary/aromatic N) is 1. The number of nitrogens with one attached hydrogen (secondary N) is 2. The van der Waals surface area contributed by atoms with Crippen molar-refractivity contribution in [1.29, 1.82) is 0 Å². The third kappa shape index (κ3) is 5.14. The SMILES string of the molecule is COC(=O)C1=C(CN2CCC(Cc3ccccc3)CC2)NC(=O)N[C@@H]1c1ccccc1. The quantitative estimate of drug-likeness (QED) is 0.704. The van der Waals surface area contributed by atoms with E-state index in [1.165, 1.54) is 12.7 Å². The molecule has 0 radical (unpaired) electrons. The zero-order valence-electron chi connectivity index (χ0n) is 17.8. The van der Waals surface area contributed by atoms with Gasteiger partial charge in [0.25, 0.3) is 0 Å². The predicted molar refractivity (Wildman–Crippen MR) is 119 cm³/mol. The van der Waals surface area contributed by atoms with Gasteiger partial charge in [-0.3, -0.25) is 4.90 Å². The van der Waals surface area contributed by atoms with Gasteiger partial charge in [-0.2, -0.15) is 0 Å². The molecule has 2 heterocycles. The predicted octanol–water partition coefficient (Wildman–Crippen LogP) is 3.42. The summed E-state index contributed by atoms with van der Waals surface area (Å²) >= 11 is 0. The second kappa shape index (κ2) is 9.79. The highest BCUT2D eigenvalue weighted by Crippen LogP contribution is 2.29. The van der Waals surface area contributed by atoms with Crippen LogP contribution in [-0.2, 0) is 16.0 Å². The van der Waals surface area contributed by atoms with Gasteiger partial charge in [0.15, 0.2) is 0 Å². The van der Waals surface area contributed by atoms with Gasteiger partial charge in [-0.15, -0.1) is 0 Å². The molecule has 2 amide bonds. The maximum Gasteiger partial charge on any atom is 0.338 e. The number of urea groups is 1. The fourth-order valence-electron chi connectivity index (χ4n) is 4.51. The molecule has 6 heteroatoms. The lowest BCUT2D eigenvalue weighted by atomic mass is 9.89. The largest absolute Gasteiger partial charge is 0.466 e. The highest BCUT2D eigenvalue weighted by Gasteiger charge is 2.34. The van der Waals surface area contributed by atoms with Crippen LogP contribution in [0.4, 0.5) is 4.79 Å². The van der Waals surface area contributed by atoms with E-state index in [9.17, 15) is 9.59 Å². The van der Waals surface area contributed by atoms with E-state index in [1.807, 2.05) is 30.3 Å². The van der Waals surface area contributed by atoms with E-state index >= 15 is 0 Å². The molecule has 0 bridgehead atoms. The number of likely N-dealkylation sites (tertiary alicyclic amines) is 1. The average molecular weight is 420 g/mol. The van der Waals surface area contributed by atoms with Crippen molar-refractivity contribution in [2.24, 2.45) is 5.92 Å². The Labute approximate surface area is 183 Å². The molecular formula is C25H29N3O3. The smallest absolute Gasteiger partial charge is 0.338 e. The number of benzene rings is 2. The molecule has 0 aromatic heterocycles. The fraction of sp³-hybridized carbons (Fsp3) is 0.360. The van der Waals surface area contributed by atoms with E-state index in [0.717, 1.165) is 37.9 Å². The maximum absolute atomic E-state index is 12.7. The number of carbonyl (C=O) groups is 2. The molecule has 0 spiro atoms. The van der Waals surface area contributed by atoms with Gasteiger partial charge in [0, 0.05) is 12.2 Å². The lowest BCUT2D eigenvalue weighted by Gasteiger charge is -2.35.